The molecule has 1 spiro atoms. The van der Waals surface area contributed by atoms with Gasteiger partial charge in [0.25, 0.3) is 0 Å². The van der Waals surface area contributed by atoms with Crippen molar-refractivity contribution in [1.29, 1.82) is 0 Å². The number of aromatic nitrogens is 3. The average molecular weight is 384 g/mol. The lowest BCUT2D eigenvalue weighted by Gasteiger charge is -2.44. The predicted molar refractivity (Wildman–Crippen MR) is 100 cm³/mol. The van der Waals surface area contributed by atoms with Crippen LogP contribution in [0.2, 0.25) is 0 Å². The third kappa shape index (κ3) is 3.46. The molecule has 148 valence electrons. The molecule has 1 aromatic carbocycles. The highest BCUT2D eigenvalue weighted by atomic mass is 16.5. The van der Waals surface area contributed by atoms with E-state index in [1.807, 2.05) is 11.8 Å². The number of ketones is 1. The Morgan fingerprint density at radius 2 is 2.14 bits per heavy atom. The maximum absolute atomic E-state index is 12.7. The Bertz CT molecular complexity index is 872. The van der Waals surface area contributed by atoms with E-state index in [0.29, 0.717) is 55.8 Å². The SMILES string of the molecule is COc1ccc2c(c1)OC1(CCN(C(=O)C[C@H](C)n3cncn3)CC1)CC2=O. The number of hydrogen-bond acceptors (Lipinski definition) is 6. The molecule has 0 unspecified atom stereocenters. The van der Waals surface area contributed by atoms with E-state index in [2.05, 4.69) is 10.1 Å². The van der Waals surface area contributed by atoms with Crippen molar-refractivity contribution in [3.63, 3.8) is 0 Å². The number of amides is 1. The summed E-state index contributed by atoms with van der Waals surface area (Å²) in [5, 5.41) is 4.09. The average Bonchev–Trinajstić information content (AvgIpc) is 3.23. The van der Waals surface area contributed by atoms with Gasteiger partial charge in [-0.25, -0.2) is 9.67 Å². The minimum absolute atomic E-state index is 0.0438. The number of fused-ring (bicyclic) bond motifs is 1. The van der Waals surface area contributed by atoms with Crippen LogP contribution < -0.4 is 9.47 Å². The Hall–Kier alpha value is -2.90. The maximum atomic E-state index is 12.7. The minimum Gasteiger partial charge on any atom is -0.497 e. The first kappa shape index (κ1) is 18.5. The van der Waals surface area contributed by atoms with E-state index in [9.17, 15) is 9.59 Å². The van der Waals surface area contributed by atoms with Gasteiger partial charge >= 0.3 is 0 Å². The fraction of sp³-hybridized carbons (Fsp3) is 0.500. The van der Waals surface area contributed by atoms with Crippen molar-refractivity contribution in [2.24, 2.45) is 0 Å². The van der Waals surface area contributed by atoms with E-state index >= 15 is 0 Å². The van der Waals surface area contributed by atoms with E-state index in [1.165, 1.54) is 6.33 Å². The number of carbonyl (C=O) groups excluding carboxylic acids is 2. The lowest BCUT2D eigenvalue weighted by atomic mass is 9.82. The topological polar surface area (TPSA) is 86.6 Å². The largest absolute Gasteiger partial charge is 0.497 e. The lowest BCUT2D eigenvalue weighted by Crippen LogP contribution is -2.52. The van der Waals surface area contributed by atoms with Gasteiger partial charge in [0.05, 0.1) is 25.1 Å². The van der Waals surface area contributed by atoms with Crippen molar-refractivity contribution in [1.82, 2.24) is 19.7 Å². The molecule has 1 atom stereocenters. The van der Waals surface area contributed by atoms with Gasteiger partial charge in [0.15, 0.2) is 5.78 Å². The molecule has 2 aliphatic heterocycles. The molecule has 1 saturated heterocycles. The second-order valence-corrected chi connectivity index (χ2v) is 7.56. The fourth-order valence-corrected chi connectivity index (χ4v) is 3.96. The van der Waals surface area contributed by atoms with Crippen molar-refractivity contribution in [2.45, 2.75) is 44.2 Å². The predicted octanol–water partition coefficient (Wildman–Crippen LogP) is 2.26. The maximum Gasteiger partial charge on any atom is 0.224 e. The van der Waals surface area contributed by atoms with Crippen LogP contribution >= 0.6 is 0 Å². The Kier molecular flexibility index (Phi) is 4.78. The second-order valence-electron chi connectivity index (χ2n) is 7.56. The van der Waals surface area contributed by atoms with E-state index < -0.39 is 5.60 Å². The van der Waals surface area contributed by atoms with Crippen molar-refractivity contribution in [2.75, 3.05) is 20.2 Å². The Morgan fingerprint density at radius 3 is 2.82 bits per heavy atom. The molecular formula is C20H24N4O4. The van der Waals surface area contributed by atoms with Crippen molar-refractivity contribution >= 4 is 11.7 Å². The highest BCUT2D eigenvalue weighted by molar-refractivity contribution is 6.00. The Morgan fingerprint density at radius 1 is 1.36 bits per heavy atom. The normalized spacial score (nSPS) is 19.1. The number of methoxy groups -OCH3 is 1. The van der Waals surface area contributed by atoms with Crippen molar-refractivity contribution in [3.05, 3.63) is 36.4 Å². The van der Waals surface area contributed by atoms with E-state index in [-0.39, 0.29) is 17.7 Å². The van der Waals surface area contributed by atoms with Crippen LogP contribution in [-0.2, 0) is 4.79 Å². The van der Waals surface area contributed by atoms with Crippen LogP contribution in [0.15, 0.2) is 30.9 Å². The second kappa shape index (κ2) is 7.26. The van der Waals surface area contributed by atoms with Crippen LogP contribution in [0.5, 0.6) is 11.5 Å². The molecule has 0 aliphatic carbocycles. The first-order chi connectivity index (χ1) is 13.5. The van der Waals surface area contributed by atoms with Gasteiger partial charge in [-0.1, -0.05) is 0 Å². The molecule has 2 aromatic rings. The smallest absolute Gasteiger partial charge is 0.224 e. The number of likely N-dealkylation sites (tertiary alicyclic amines) is 1. The van der Waals surface area contributed by atoms with Crippen LogP contribution in [0.3, 0.4) is 0 Å². The van der Waals surface area contributed by atoms with Gasteiger partial charge in [-0.05, 0) is 19.1 Å². The summed E-state index contributed by atoms with van der Waals surface area (Å²) in [7, 11) is 1.59. The van der Waals surface area contributed by atoms with E-state index in [1.54, 1.807) is 36.3 Å². The first-order valence-corrected chi connectivity index (χ1v) is 9.52. The van der Waals surface area contributed by atoms with Gasteiger partial charge in [-0.2, -0.15) is 5.10 Å². The number of ether oxygens (including phenoxy) is 2. The summed E-state index contributed by atoms with van der Waals surface area (Å²) in [6.07, 6.45) is 5.09. The summed E-state index contributed by atoms with van der Waals surface area (Å²) in [5.41, 5.74) is 0.0664. The molecule has 0 saturated carbocycles. The number of rotatable bonds is 4. The van der Waals surface area contributed by atoms with Gasteiger partial charge < -0.3 is 14.4 Å². The summed E-state index contributed by atoms with van der Waals surface area (Å²) in [4.78, 5) is 31.1. The number of hydrogen-bond donors (Lipinski definition) is 0. The first-order valence-electron chi connectivity index (χ1n) is 9.52. The molecule has 8 nitrogen and oxygen atoms in total. The molecule has 0 bridgehead atoms. The highest BCUT2D eigenvalue weighted by Crippen LogP contribution is 2.40. The highest BCUT2D eigenvalue weighted by Gasteiger charge is 2.43. The van der Waals surface area contributed by atoms with Crippen LogP contribution in [0.25, 0.3) is 0 Å². The molecule has 1 aromatic heterocycles. The Balaban J connectivity index is 1.40. The monoisotopic (exact) mass is 384 g/mol. The molecule has 4 rings (SSSR count). The number of Topliss-reactive ketones (excluding diaryl/α,β-unsaturated/α-hetero) is 1. The van der Waals surface area contributed by atoms with E-state index in [0.717, 1.165) is 0 Å². The zero-order valence-electron chi connectivity index (χ0n) is 16.1. The van der Waals surface area contributed by atoms with Crippen LogP contribution in [0, 0.1) is 0 Å². The fourth-order valence-electron chi connectivity index (χ4n) is 3.96. The molecular weight excluding hydrogens is 360 g/mol. The third-order valence-corrected chi connectivity index (χ3v) is 5.68. The van der Waals surface area contributed by atoms with Gasteiger partial charge in [-0.15, -0.1) is 0 Å². The molecule has 0 radical (unpaired) electrons. The van der Waals surface area contributed by atoms with Crippen LogP contribution in [-0.4, -0.2) is 57.2 Å². The van der Waals surface area contributed by atoms with Gasteiger partial charge in [0.1, 0.15) is 29.8 Å². The zero-order chi connectivity index (χ0) is 19.7. The molecule has 8 heteroatoms. The molecule has 28 heavy (non-hydrogen) atoms. The molecule has 2 aliphatic rings. The van der Waals surface area contributed by atoms with Gasteiger partial charge in [0.2, 0.25) is 5.91 Å². The number of nitrogens with zero attached hydrogens (tertiary/aromatic N) is 4. The number of carbonyl (C=O) groups is 2. The third-order valence-electron chi connectivity index (χ3n) is 5.68. The number of benzene rings is 1. The van der Waals surface area contributed by atoms with Gasteiger partial charge in [0, 0.05) is 38.4 Å². The van der Waals surface area contributed by atoms with Crippen molar-refractivity contribution in [3.8, 4) is 11.5 Å². The number of piperidine rings is 1. The summed E-state index contributed by atoms with van der Waals surface area (Å²) in [6.45, 7) is 3.11. The Labute approximate surface area is 163 Å². The summed E-state index contributed by atoms with van der Waals surface area (Å²) in [5.74, 6) is 1.42. The minimum atomic E-state index is -0.537. The quantitative estimate of drug-likeness (QED) is 0.804. The summed E-state index contributed by atoms with van der Waals surface area (Å²) in [6, 6.07) is 5.26. The summed E-state index contributed by atoms with van der Waals surface area (Å²) >= 11 is 0. The molecule has 0 N–H and O–H groups in total. The molecule has 1 fully saturated rings. The van der Waals surface area contributed by atoms with Crippen molar-refractivity contribution < 1.29 is 19.1 Å². The molecule has 3 heterocycles. The van der Waals surface area contributed by atoms with Crippen LogP contribution in [0.1, 0.15) is 49.0 Å². The standard InChI is InChI=1S/C20H24N4O4/c1-14(24-13-21-12-22-24)9-19(26)23-7-5-20(6-8-23)11-17(25)16-4-3-15(27-2)10-18(16)28-20/h3-4,10,12-14H,5-9,11H2,1-2H3/t14-/m0/s1. The van der Waals surface area contributed by atoms with Crippen LogP contribution in [0.4, 0.5) is 0 Å². The van der Waals surface area contributed by atoms with Gasteiger partial charge in [-0.3, -0.25) is 9.59 Å². The van der Waals surface area contributed by atoms with E-state index in [4.69, 9.17) is 9.47 Å². The lowest BCUT2D eigenvalue weighted by molar-refractivity contribution is -0.135. The zero-order valence-corrected chi connectivity index (χ0v) is 16.1. The summed E-state index contributed by atoms with van der Waals surface area (Å²) < 4.78 is 13.2. The molecule has 1 amide bonds.